The Labute approximate surface area is 195 Å². The molecule has 0 aromatic heterocycles. The number of rotatable bonds is 4. The number of piperidine rings is 2. The van der Waals surface area contributed by atoms with Gasteiger partial charge >= 0.3 is 0 Å². The Morgan fingerprint density at radius 1 is 0.788 bits per heavy atom. The molecule has 5 rings (SSSR count). The Bertz CT molecular complexity index is 1170. The lowest BCUT2D eigenvalue weighted by Gasteiger charge is -2.27. The number of sulfonamides is 1. The van der Waals surface area contributed by atoms with Crippen molar-refractivity contribution in [2.24, 2.45) is 0 Å². The van der Waals surface area contributed by atoms with Crippen molar-refractivity contribution in [2.45, 2.75) is 49.8 Å². The number of hydrogen-bond acceptors (Lipinski definition) is 4. The normalized spacial score (nSPS) is 19.6. The molecule has 3 aliphatic heterocycles. The van der Waals surface area contributed by atoms with Crippen LogP contribution in [0.15, 0.2) is 47.4 Å². The van der Waals surface area contributed by atoms with Crippen LogP contribution in [-0.4, -0.2) is 50.7 Å². The summed E-state index contributed by atoms with van der Waals surface area (Å²) in [5, 5.41) is 0. The van der Waals surface area contributed by atoms with Gasteiger partial charge in [-0.15, -0.1) is 0 Å². The quantitative estimate of drug-likeness (QED) is 0.689. The van der Waals surface area contributed by atoms with Crippen molar-refractivity contribution >= 4 is 33.2 Å². The minimum Gasteiger partial charge on any atom is -0.312 e. The Kier molecular flexibility index (Phi) is 5.97. The van der Waals surface area contributed by atoms with Crippen LogP contribution in [0.25, 0.3) is 0 Å². The second-order valence-corrected chi connectivity index (χ2v) is 10.9. The van der Waals surface area contributed by atoms with Crippen molar-refractivity contribution in [1.82, 2.24) is 4.31 Å². The van der Waals surface area contributed by atoms with Crippen LogP contribution in [0.5, 0.6) is 0 Å². The van der Waals surface area contributed by atoms with E-state index in [4.69, 9.17) is 0 Å². The number of benzene rings is 2. The monoisotopic (exact) mass is 467 g/mol. The van der Waals surface area contributed by atoms with Gasteiger partial charge in [-0.2, -0.15) is 4.31 Å². The maximum Gasteiger partial charge on any atom is 0.258 e. The van der Waals surface area contributed by atoms with Crippen molar-refractivity contribution in [2.75, 3.05) is 36.0 Å². The molecule has 2 aromatic rings. The lowest BCUT2D eigenvalue weighted by atomic mass is 10.1. The molecule has 0 saturated carbocycles. The topological polar surface area (TPSA) is 78.0 Å². The van der Waals surface area contributed by atoms with Gasteiger partial charge in [-0.25, -0.2) is 8.42 Å². The molecule has 2 fully saturated rings. The van der Waals surface area contributed by atoms with Crippen LogP contribution in [0.4, 0.5) is 11.4 Å². The number of anilines is 2. The van der Waals surface area contributed by atoms with Gasteiger partial charge in [0.15, 0.2) is 0 Å². The number of fused-ring (bicyclic) bond motifs is 1. The van der Waals surface area contributed by atoms with Gasteiger partial charge in [0.1, 0.15) is 0 Å². The van der Waals surface area contributed by atoms with Crippen LogP contribution in [0.1, 0.15) is 54.4 Å². The van der Waals surface area contributed by atoms with E-state index < -0.39 is 10.0 Å². The van der Waals surface area contributed by atoms with Crippen molar-refractivity contribution in [3.05, 3.63) is 53.6 Å². The summed E-state index contributed by atoms with van der Waals surface area (Å²) in [4.78, 5) is 29.2. The summed E-state index contributed by atoms with van der Waals surface area (Å²) in [6, 6.07) is 12.3. The SMILES string of the molecule is O=C1CCCCN1c1ccc(C(=O)N2CCc3cc(S(=O)(=O)N4CCCCC4)ccc32)cc1. The van der Waals surface area contributed by atoms with E-state index in [0.29, 0.717) is 49.5 Å². The van der Waals surface area contributed by atoms with Crippen molar-refractivity contribution in [3.8, 4) is 0 Å². The average Bonchev–Trinajstić information content (AvgIpc) is 3.28. The molecule has 2 saturated heterocycles. The maximum absolute atomic E-state index is 13.2. The van der Waals surface area contributed by atoms with Crippen molar-refractivity contribution < 1.29 is 18.0 Å². The van der Waals surface area contributed by atoms with E-state index in [1.54, 1.807) is 44.4 Å². The van der Waals surface area contributed by atoms with Crippen LogP contribution < -0.4 is 9.80 Å². The maximum atomic E-state index is 13.2. The Hall–Kier alpha value is -2.71. The van der Waals surface area contributed by atoms with Gasteiger partial charge in [-0.3, -0.25) is 9.59 Å². The highest BCUT2D eigenvalue weighted by molar-refractivity contribution is 7.89. The molecule has 0 bridgehead atoms. The second-order valence-electron chi connectivity index (χ2n) is 9.01. The molecular formula is C25H29N3O4S. The highest BCUT2D eigenvalue weighted by Crippen LogP contribution is 2.33. The van der Waals surface area contributed by atoms with E-state index in [1.807, 2.05) is 12.1 Å². The Morgan fingerprint density at radius 3 is 2.24 bits per heavy atom. The van der Waals surface area contributed by atoms with Gasteiger partial charge in [-0.05, 0) is 80.1 Å². The third-order valence-corrected chi connectivity index (χ3v) is 8.79. The number of hydrogen-bond donors (Lipinski definition) is 0. The summed E-state index contributed by atoms with van der Waals surface area (Å²) in [6.07, 6.45) is 6.00. The van der Waals surface area contributed by atoms with E-state index >= 15 is 0 Å². The third-order valence-electron chi connectivity index (χ3n) is 6.89. The summed E-state index contributed by atoms with van der Waals surface area (Å²) < 4.78 is 27.6. The fraction of sp³-hybridized carbons (Fsp3) is 0.440. The highest BCUT2D eigenvalue weighted by atomic mass is 32.2. The smallest absolute Gasteiger partial charge is 0.258 e. The molecule has 2 amide bonds. The van der Waals surface area contributed by atoms with E-state index in [0.717, 1.165) is 49.0 Å². The van der Waals surface area contributed by atoms with Gasteiger partial charge in [-0.1, -0.05) is 6.42 Å². The molecule has 0 spiro atoms. The fourth-order valence-electron chi connectivity index (χ4n) is 5.02. The summed E-state index contributed by atoms with van der Waals surface area (Å²) >= 11 is 0. The number of carbonyl (C=O) groups excluding carboxylic acids is 2. The zero-order valence-corrected chi connectivity index (χ0v) is 19.5. The first kappa shape index (κ1) is 22.1. The molecule has 0 aliphatic carbocycles. The van der Waals surface area contributed by atoms with Gasteiger partial charge in [0.25, 0.3) is 5.91 Å². The van der Waals surface area contributed by atoms with Crippen LogP contribution in [0.2, 0.25) is 0 Å². The molecule has 7 nitrogen and oxygen atoms in total. The molecule has 0 radical (unpaired) electrons. The predicted molar refractivity (Wildman–Crippen MR) is 127 cm³/mol. The molecule has 0 unspecified atom stereocenters. The van der Waals surface area contributed by atoms with E-state index in [-0.39, 0.29) is 11.8 Å². The number of carbonyl (C=O) groups is 2. The molecule has 3 heterocycles. The first-order valence-electron chi connectivity index (χ1n) is 11.8. The summed E-state index contributed by atoms with van der Waals surface area (Å²) in [5.41, 5.74) is 3.04. The molecule has 3 aliphatic rings. The molecule has 33 heavy (non-hydrogen) atoms. The second kappa shape index (κ2) is 8.91. The largest absolute Gasteiger partial charge is 0.312 e. The van der Waals surface area contributed by atoms with Crippen molar-refractivity contribution in [1.29, 1.82) is 0 Å². The summed E-state index contributed by atoms with van der Waals surface area (Å²) in [5.74, 6) is 0.0148. The molecule has 0 N–H and O–H groups in total. The summed E-state index contributed by atoms with van der Waals surface area (Å²) in [6.45, 7) is 2.38. The molecule has 2 aromatic carbocycles. The molecule has 174 valence electrons. The van der Waals surface area contributed by atoms with Crippen LogP contribution in [0, 0.1) is 0 Å². The third kappa shape index (κ3) is 4.17. The first-order chi connectivity index (χ1) is 15.9. The number of amides is 2. The molecular weight excluding hydrogens is 438 g/mol. The van der Waals surface area contributed by atoms with Crippen LogP contribution >= 0.6 is 0 Å². The average molecular weight is 468 g/mol. The van der Waals surface area contributed by atoms with Gasteiger partial charge in [0, 0.05) is 49.5 Å². The van der Waals surface area contributed by atoms with E-state index in [2.05, 4.69) is 0 Å². The van der Waals surface area contributed by atoms with Gasteiger partial charge in [0.2, 0.25) is 15.9 Å². The molecule has 0 atom stereocenters. The zero-order chi connectivity index (χ0) is 23.0. The summed E-state index contributed by atoms with van der Waals surface area (Å²) in [7, 11) is -3.50. The standard InChI is InChI=1S/C25H29N3O4S/c29-24-6-2-5-16-27(24)21-9-7-19(8-10-21)25(30)28-17-13-20-18-22(11-12-23(20)28)33(31,32)26-14-3-1-4-15-26/h7-12,18H,1-6,13-17H2. The minimum atomic E-state index is -3.50. The van der Waals surface area contributed by atoms with Gasteiger partial charge in [0.05, 0.1) is 4.90 Å². The van der Waals surface area contributed by atoms with Crippen LogP contribution in [-0.2, 0) is 21.2 Å². The van der Waals surface area contributed by atoms with Crippen molar-refractivity contribution in [3.63, 3.8) is 0 Å². The van der Waals surface area contributed by atoms with Crippen LogP contribution in [0.3, 0.4) is 0 Å². The zero-order valence-electron chi connectivity index (χ0n) is 18.7. The van der Waals surface area contributed by atoms with E-state index in [9.17, 15) is 18.0 Å². The first-order valence-corrected chi connectivity index (χ1v) is 13.2. The predicted octanol–water partition coefficient (Wildman–Crippen LogP) is 3.58. The van der Waals surface area contributed by atoms with Gasteiger partial charge < -0.3 is 9.80 Å². The fourth-order valence-corrected chi connectivity index (χ4v) is 6.59. The Morgan fingerprint density at radius 2 is 1.52 bits per heavy atom. The molecule has 8 heteroatoms. The lowest BCUT2D eigenvalue weighted by molar-refractivity contribution is -0.119. The lowest BCUT2D eigenvalue weighted by Crippen LogP contribution is -2.35. The minimum absolute atomic E-state index is 0.114. The Balaban J connectivity index is 1.34. The highest BCUT2D eigenvalue weighted by Gasteiger charge is 2.30. The van der Waals surface area contributed by atoms with E-state index in [1.165, 1.54) is 0 Å². The number of nitrogens with zero attached hydrogens (tertiary/aromatic N) is 3.